The smallest absolute Gasteiger partial charge is 0.309 e. The number of esters is 1. The van der Waals surface area contributed by atoms with Crippen LogP contribution in [-0.2, 0) is 9.53 Å². The van der Waals surface area contributed by atoms with Crippen molar-refractivity contribution in [2.24, 2.45) is 41.4 Å². The minimum Gasteiger partial charge on any atom is -0.469 e. The molecule has 31 heavy (non-hydrogen) atoms. The lowest BCUT2D eigenvalue weighted by Crippen LogP contribution is -2.55. The number of piperidine rings is 1. The quantitative estimate of drug-likeness (QED) is 0.559. The van der Waals surface area contributed by atoms with Gasteiger partial charge < -0.3 is 15.0 Å². The van der Waals surface area contributed by atoms with E-state index in [0.29, 0.717) is 35.3 Å². The molecule has 0 radical (unpaired) electrons. The molecule has 0 aromatic carbocycles. The molecule has 5 saturated carbocycles. The molecule has 3 atom stereocenters. The van der Waals surface area contributed by atoms with E-state index < -0.39 is 0 Å². The van der Waals surface area contributed by atoms with Gasteiger partial charge in [-0.05, 0) is 86.0 Å². The Bertz CT molecular complexity index is 881. The van der Waals surface area contributed by atoms with Gasteiger partial charge in [-0.25, -0.2) is 4.98 Å². The van der Waals surface area contributed by atoms with E-state index in [1.807, 2.05) is 18.4 Å². The molecule has 1 amide bonds. The Morgan fingerprint density at radius 2 is 1.71 bits per heavy atom. The maximum Gasteiger partial charge on any atom is 0.309 e. The molecule has 1 N–H and O–H groups in total. The Labute approximate surface area is 187 Å². The van der Waals surface area contributed by atoms with E-state index in [0.717, 1.165) is 35.8 Å². The van der Waals surface area contributed by atoms with Gasteiger partial charge in [-0.1, -0.05) is 0 Å². The molecule has 1 aromatic rings. The average molecular weight is 442 g/mol. The first kappa shape index (κ1) is 19.9. The average Bonchev–Trinajstić information content (AvgIpc) is 3.27. The van der Waals surface area contributed by atoms with Crippen molar-refractivity contribution in [1.29, 1.82) is 0 Å². The number of fused-ring (bicyclic) bond motifs is 1. The van der Waals surface area contributed by atoms with Gasteiger partial charge in [0.2, 0.25) is 0 Å². The first-order valence-electron chi connectivity index (χ1n) is 11.7. The summed E-state index contributed by atoms with van der Waals surface area (Å²) in [6.07, 6.45) is 8.61. The van der Waals surface area contributed by atoms with Crippen molar-refractivity contribution in [2.45, 2.75) is 43.2 Å². The van der Waals surface area contributed by atoms with Gasteiger partial charge in [0.05, 0.1) is 18.6 Å². The van der Waals surface area contributed by atoms with Gasteiger partial charge in [-0.2, -0.15) is 0 Å². The second kappa shape index (κ2) is 7.39. The third-order valence-electron chi connectivity index (χ3n) is 8.80. The van der Waals surface area contributed by atoms with E-state index in [-0.39, 0.29) is 17.8 Å². The van der Waals surface area contributed by atoms with E-state index in [1.54, 1.807) is 0 Å². The van der Waals surface area contributed by atoms with Gasteiger partial charge in [0.15, 0.2) is 0 Å². The van der Waals surface area contributed by atoms with Gasteiger partial charge in [-0.3, -0.25) is 9.59 Å². The standard InChI is InChI=1S/C24H31N3O3S/c1-30-24(29)20-17-10-27(11-18(17)20)19-4-3-16(23(25-19)31-2)22(28)26-21-14-6-12-5-13(8-14)9-15(21)7-12/h3-4,12-15,17-18,20-21H,5-11H2,1-2H3,(H,26,28)/t12?,13?,14?,15?,17-,18+,20?,21?. The second-order valence-electron chi connectivity index (χ2n) is 10.4. The van der Waals surface area contributed by atoms with Crippen LogP contribution in [-0.4, -0.2) is 49.4 Å². The van der Waals surface area contributed by atoms with Crippen LogP contribution in [0, 0.1) is 41.4 Å². The molecule has 6 aliphatic rings. The van der Waals surface area contributed by atoms with Crippen LogP contribution in [0.2, 0.25) is 0 Å². The van der Waals surface area contributed by atoms with Crippen LogP contribution in [0.4, 0.5) is 5.82 Å². The molecule has 1 unspecified atom stereocenters. The van der Waals surface area contributed by atoms with E-state index in [9.17, 15) is 9.59 Å². The summed E-state index contributed by atoms with van der Waals surface area (Å²) in [6, 6.07) is 4.26. The molecule has 6 fully saturated rings. The Kier molecular flexibility index (Phi) is 4.74. The van der Waals surface area contributed by atoms with Gasteiger partial charge in [0.1, 0.15) is 10.8 Å². The van der Waals surface area contributed by atoms with Gasteiger partial charge >= 0.3 is 5.97 Å². The van der Waals surface area contributed by atoms with Crippen LogP contribution in [0.1, 0.15) is 42.5 Å². The number of aromatic nitrogens is 1. The first-order chi connectivity index (χ1) is 15.1. The molecule has 2 heterocycles. The number of thioether (sulfide) groups is 1. The molecule has 7 heteroatoms. The Morgan fingerprint density at radius 1 is 1.06 bits per heavy atom. The van der Waals surface area contributed by atoms with Crippen molar-refractivity contribution >= 4 is 29.5 Å². The summed E-state index contributed by atoms with van der Waals surface area (Å²) in [5.41, 5.74) is 0.696. The number of amides is 1. The zero-order chi connectivity index (χ0) is 21.3. The highest BCUT2D eigenvalue weighted by molar-refractivity contribution is 7.98. The number of anilines is 1. The third kappa shape index (κ3) is 3.26. The van der Waals surface area contributed by atoms with E-state index in [2.05, 4.69) is 10.2 Å². The number of hydrogen-bond donors (Lipinski definition) is 1. The topological polar surface area (TPSA) is 71.5 Å². The molecule has 1 saturated heterocycles. The Hall–Kier alpha value is -1.76. The number of nitrogens with zero attached hydrogens (tertiary/aromatic N) is 2. The number of hydrogen-bond acceptors (Lipinski definition) is 6. The van der Waals surface area contributed by atoms with E-state index >= 15 is 0 Å². The Morgan fingerprint density at radius 3 is 2.29 bits per heavy atom. The number of pyridine rings is 1. The fraction of sp³-hybridized carbons (Fsp3) is 0.708. The molecule has 0 spiro atoms. The molecule has 5 aliphatic carbocycles. The highest BCUT2D eigenvalue weighted by Crippen LogP contribution is 2.54. The molecule has 7 rings (SSSR count). The van der Waals surface area contributed by atoms with Crippen molar-refractivity contribution in [3.63, 3.8) is 0 Å². The predicted molar refractivity (Wildman–Crippen MR) is 119 cm³/mol. The first-order valence-corrected chi connectivity index (χ1v) is 13.0. The third-order valence-corrected chi connectivity index (χ3v) is 9.50. The van der Waals surface area contributed by atoms with Crippen LogP contribution in [0.3, 0.4) is 0 Å². The Balaban J connectivity index is 1.14. The summed E-state index contributed by atoms with van der Waals surface area (Å²) in [4.78, 5) is 32.1. The minimum atomic E-state index is -0.0794. The number of carbonyl (C=O) groups is 2. The van der Waals surface area contributed by atoms with Crippen molar-refractivity contribution in [3.05, 3.63) is 17.7 Å². The highest BCUT2D eigenvalue weighted by atomic mass is 32.2. The zero-order valence-corrected chi connectivity index (χ0v) is 19.1. The summed E-state index contributed by atoms with van der Waals surface area (Å²) in [5, 5.41) is 4.22. The number of nitrogens with one attached hydrogen (secondary N) is 1. The molecule has 6 nitrogen and oxygen atoms in total. The fourth-order valence-electron chi connectivity index (χ4n) is 7.52. The SMILES string of the molecule is COC(=O)C1[C@H]2CN(c3ccc(C(=O)NC4C5CC6CC(C5)CC4C6)c(SC)n3)C[C@@H]12. The zero-order valence-electron chi connectivity index (χ0n) is 18.3. The van der Waals surface area contributed by atoms with E-state index in [4.69, 9.17) is 9.72 Å². The second-order valence-corrected chi connectivity index (χ2v) is 11.2. The van der Waals surface area contributed by atoms with Crippen LogP contribution in [0.5, 0.6) is 0 Å². The minimum absolute atomic E-state index is 0.0379. The molecular formula is C24H31N3O3S. The van der Waals surface area contributed by atoms with E-state index in [1.165, 1.54) is 51.0 Å². The summed E-state index contributed by atoms with van der Waals surface area (Å²) >= 11 is 1.54. The summed E-state index contributed by atoms with van der Waals surface area (Å²) < 4.78 is 4.91. The molecule has 1 aliphatic heterocycles. The highest BCUT2D eigenvalue weighted by Gasteiger charge is 2.60. The van der Waals surface area contributed by atoms with Crippen molar-refractivity contribution in [3.8, 4) is 0 Å². The van der Waals surface area contributed by atoms with Gasteiger partial charge in [-0.15, -0.1) is 11.8 Å². The lowest BCUT2D eigenvalue weighted by atomic mass is 9.54. The van der Waals surface area contributed by atoms with Gasteiger partial charge in [0, 0.05) is 19.1 Å². The largest absolute Gasteiger partial charge is 0.469 e. The normalized spacial score (nSPS) is 39.4. The van der Waals surface area contributed by atoms with Crippen molar-refractivity contribution < 1.29 is 14.3 Å². The van der Waals surface area contributed by atoms with Crippen LogP contribution in [0.25, 0.3) is 0 Å². The van der Waals surface area contributed by atoms with Crippen LogP contribution < -0.4 is 10.2 Å². The summed E-state index contributed by atoms with van der Waals surface area (Å²) in [5.74, 6) is 4.85. The molecule has 166 valence electrons. The number of methoxy groups -OCH3 is 1. The van der Waals surface area contributed by atoms with Crippen molar-refractivity contribution in [2.75, 3.05) is 31.4 Å². The van der Waals surface area contributed by atoms with Crippen molar-refractivity contribution in [1.82, 2.24) is 10.3 Å². The maximum atomic E-state index is 13.2. The summed E-state index contributed by atoms with van der Waals surface area (Å²) in [6.45, 7) is 1.68. The number of ether oxygens (including phenoxy) is 1. The van der Waals surface area contributed by atoms with Crippen LogP contribution >= 0.6 is 11.8 Å². The summed E-state index contributed by atoms with van der Waals surface area (Å²) in [7, 11) is 1.47. The monoisotopic (exact) mass is 441 g/mol. The fourth-order valence-corrected chi connectivity index (χ4v) is 8.09. The molecule has 1 aromatic heterocycles. The number of carbonyl (C=O) groups excluding carboxylic acids is 2. The van der Waals surface area contributed by atoms with Gasteiger partial charge in [0.25, 0.3) is 5.91 Å². The number of rotatable bonds is 5. The lowest BCUT2D eigenvalue weighted by Gasteiger charge is -2.54. The molecular weight excluding hydrogens is 410 g/mol. The molecule has 4 bridgehead atoms. The predicted octanol–water partition coefficient (Wildman–Crippen LogP) is 3.21. The maximum absolute atomic E-state index is 13.2. The lowest BCUT2D eigenvalue weighted by molar-refractivity contribution is -0.142. The van der Waals surface area contributed by atoms with Crippen LogP contribution in [0.15, 0.2) is 17.2 Å².